The van der Waals surface area contributed by atoms with Crippen LogP contribution >= 0.6 is 11.6 Å². The average molecular weight is 385 g/mol. The van der Waals surface area contributed by atoms with Crippen LogP contribution in [0.1, 0.15) is 35.2 Å². The van der Waals surface area contributed by atoms with E-state index in [0.29, 0.717) is 42.5 Å². The van der Waals surface area contributed by atoms with Crippen LogP contribution in [0, 0.1) is 0 Å². The van der Waals surface area contributed by atoms with E-state index in [1.165, 1.54) is 0 Å². The highest BCUT2D eigenvalue weighted by Gasteiger charge is 2.45. The van der Waals surface area contributed by atoms with Gasteiger partial charge in [-0.05, 0) is 42.7 Å². The molecule has 1 N–H and O–H groups in total. The monoisotopic (exact) mass is 384 g/mol. The SMILES string of the molecule is O=C1CC2(CCN(C(=O)c3ccccc3OCc3ccc(Cl)cc3)CC2)N1. The normalized spacial score (nSPS) is 18.0. The minimum absolute atomic E-state index is 0.0257. The molecule has 0 saturated carbocycles. The molecule has 2 aliphatic heterocycles. The number of halogens is 1. The third kappa shape index (κ3) is 3.78. The van der Waals surface area contributed by atoms with Gasteiger partial charge < -0.3 is 15.0 Å². The molecule has 0 aromatic heterocycles. The van der Waals surface area contributed by atoms with Gasteiger partial charge in [0, 0.05) is 24.5 Å². The number of nitrogens with zero attached hydrogens (tertiary/aromatic N) is 1. The molecule has 2 heterocycles. The first kappa shape index (κ1) is 17.9. The van der Waals surface area contributed by atoms with E-state index in [-0.39, 0.29) is 17.4 Å². The van der Waals surface area contributed by atoms with Crippen LogP contribution in [0.4, 0.5) is 0 Å². The number of nitrogens with one attached hydrogen (secondary N) is 1. The number of likely N-dealkylation sites (tertiary alicyclic amines) is 1. The second-order valence-corrected chi connectivity index (χ2v) is 7.65. The van der Waals surface area contributed by atoms with Gasteiger partial charge in [0.1, 0.15) is 12.4 Å². The molecule has 4 rings (SSSR count). The van der Waals surface area contributed by atoms with E-state index < -0.39 is 0 Å². The highest BCUT2D eigenvalue weighted by molar-refractivity contribution is 6.30. The largest absolute Gasteiger partial charge is 0.488 e. The van der Waals surface area contributed by atoms with Gasteiger partial charge in [0.25, 0.3) is 5.91 Å². The molecule has 6 heteroatoms. The number of ether oxygens (including phenoxy) is 1. The quantitative estimate of drug-likeness (QED) is 0.822. The number of benzene rings is 2. The van der Waals surface area contributed by atoms with Crippen molar-refractivity contribution in [3.8, 4) is 5.75 Å². The van der Waals surface area contributed by atoms with Gasteiger partial charge in [0.2, 0.25) is 5.91 Å². The third-order valence-electron chi connectivity index (χ3n) is 5.34. The number of β-lactam (4-membered cyclic amide) rings is 1. The van der Waals surface area contributed by atoms with Crippen LogP contribution < -0.4 is 10.1 Å². The molecule has 2 aliphatic rings. The number of hydrogen-bond donors (Lipinski definition) is 1. The number of rotatable bonds is 4. The van der Waals surface area contributed by atoms with Gasteiger partial charge in [0.05, 0.1) is 11.1 Å². The summed E-state index contributed by atoms with van der Waals surface area (Å²) in [5.74, 6) is 0.660. The van der Waals surface area contributed by atoms with Crippen LogP contribution in [-0.2, 0) is 11.4 Å². The summed E-state index contributed by atoms with van der Waals surface area (Å²) in [5, 5.41) is 3.68. The summed E-state index contributed by atoms with van der Waals surface area (Å²) in [5.41, 5.74) is 1.47. The second-order valence-electron chi connectivity index (χ2n) is 7.21. The summed E-state index contributed by atoms with van der Waals surface area (Å²) in [6, 6.07) is 14.8. The van der Waals surface area contributed by atoms with Crippen molar-refractivity contribution in [2.24, 2.45) is 0 Å². The molecule has 2 amide bonds. The molecule has 140 valence electrons. The van der Waals surface area contributed by atoms with E-state index in [1.807, 2.05) is 47.4 Å². The van der Waals surface area contributed by atoms with Gasteiger partial charge in [-0.2, -0.15) is 0 Å². The lowest BCUT2D eigenvalue weighted by Crippen LogP contribution is -2.65. The predicted molar refractivity (Wildman–Crippen MR) is 103 cm³/mol. The molecule has 0 radical (unpaired) electrons. The zero-order chi connectivity index (χ0) is 18.9. The molecule has 5 nitrogen and oxygen atoms in total. The Bertz CT molecular complexity index is 848. The molecule has 0 bridgehead atoms. The number of carbonyl (C=O) groups excluding carboxylic acids is 2. The minimum Gasteiger partial charge on any atom is -0.488 e. The highest BCUT2D eigenvalue weighted by atomic mass is 35.5. The van der Waals surface area contributed by atoms with Gasteiger partial charge in [0.15, 0.2) is 0 Å². The van der Waals surface area contributed by atoms with Crippen molar-refractivity contribution < 1.29 is 14.3 Å². The van der Waals surface area contributed by atoms with Crippen molar-refractivity contribution in [3.63, 3.8) is 0 Å². The molecule has 27 heavy (non-hydrogen) atoms. The first-order valence-electron chi connectivity index (χ1n) is 9.11. The molecular weight excluding hydrogens is 364 g/mol. The molecule has 2 aromatic rings. The number of piperidine rings is 1. The lowest BCUT2D eigenvalue weighted by Gasteiger charge is -2.47. The summed E-state index contributed by atoms with van der Waals surface area (Å²) in [7, 11) is 0. The maximum atomic E-state index is 13.0. The second kappa shape index (κ2) is 7.24. The van der Waals surface area contributed by atoms with E-state index >= 15 is 0 Å². The average Bonchev–Trinajstić information content (AvgIpc) is 2.67. The van der Waals surface area contributed by atoms with Crippen molar-refractivity contribution >= 4 is 23.4 Å². The van der Waals surface area contributed by atoms with Crippen LogP contribution in [0.25, 0.3) is 0 Å². The summed E-state index contributed by atoms with van der Waals surface area (Å²) in [4.78, 5) is 26.1. The Labute approximate surface area is 163 Å². The first-order valence-corrected chi connectivity index (χ1v) is 9.49. The van der Waals surface area contributed by atoms with Gasteiger partial charge in [-0.3, -0.25) is 9.59 Å². The standard InChI is InChI=1S/C21H21ClN2O3/c22-16-7-5-15(6-8-16)14-27-18-4-2-1-3-17(18)20(26)24-11-9-21(10-12-24)13-19(25)23-21/h1-8H,9-14H2,(H,23,25). The molecule has 0 atom stereocenters. The maximum Gasteiger partial charge on any atom is 0.257 e. The lowest BCUT2D eigenvalue weighted by molar-refractivity contribution is -0.134. The summed E-state index contributed by atoms with van der Waals surface area (Å²) in [6.45, 7) is 1.66. The van der Waals surface area contributed by atoms with Gasteiger partial charge in [-0.25, -0.2) is 0 Å². The Balaban J connectivity index is 1.42. The van der Waals surface area contributed by atoms with E-state index in [4.69, 9.17) is 16.3 Å². The van der Waals surface area contributed by atoms with E-state index in [9.17, 15) is 9.59 Å². The fraction of sp³-hybridized carbons (Fsp3) is 0.333. The van der Waals surface area contributed by atoms with Crippen LogP contribution in [0.2, 0.25) is 5.02 Å². The third-order valence-corrected chi connectivity index (χ3v) is 5.59. The Morgan fingerprint density at radius 2 is 1.78 bits per heavy atom. The summed E-state index contributed by atoms with van der Waals surface area (Å²) >= 11 is 5.91. The van der Waals surface area contributed by atoms with Crippen molar-refractivity contribution in [2.45, 2.75) is 31.4 Å². The van der Waals surface area contributed by atoms with E-state index in [0.717, 1.165) is 18.4 Å². The fourth-order valence-corrected chi connectivity index (χ4v) is 3.83. The van der Waals surface area contributed by atoms with Crippen LogP contribution in [0.15, 0.2) is 48.5 Å². The fourth-order valence-electron chi connectivity index (χ4n) is 3.71. The van der Waals surface area contributed by atoms with Crippen molar-refractivity contribution in [1.29, 1.82) is 0 Å². The Morgan fingerprint density at radius 3 is 2.44 bits per heavy atom. The number of hydrogen-bond acceptors (Lipinski definition) is 3. The zero-order valence-corrected chi connectivity index (χ0v) is 15.7. The van der Waals surface area contributed by atoms with Crippen molar-refractivity contribution in [3.05, 3.63) is 64.7 Å². The minimum atomic E-state index is -0.0849. The summed E-state index contributed by atoms with van der Waals surface area (Å²) < 4.78 is 5.91. The van der Waals surface area contributed by atoms with Crippen molar-refractivity contribution in [1.82, 2.24) is 10.2 Å². The maximum absolute atomic E-state index is 13.0. The molecule has 1 spiro atoms. The van der Waals surface area contributed by atoms with Crippen molar-refractivity contribution in [2.75, 3.05) is 13.1 Å². The molecule has 0 aliphatic carbocycles. The molecule has 2 saturated heterocycles. The van der Waals surface area contributed by atoms with Crippen LogP contribution in [0.5, 0.6) is 5.75 Å². The van der Waals surface area contributed by atoms with E-state index in [2.05, 4.69) is 5.32 Å². The molecule has 2 fully saturated rings. The molecule has 0 unspecified atom stereocenters. The number of para-hydroxylation sites is 1. The molecule has 2 aromatic carbocycles. The lowest BCUT2D eigenvalue weighted by atomic mass is 9.78. The predicted octanol–water partition coefficient (Wildman–Crippen LogP) is 3.41. The van der Waals surface area contributed by atoms with Crippen LogP contribution in [-0.4, -0.2) is 35.3 Å². The van der Waals surface area contributed by atoms with E-state index in [1.54, 1.807) is 6.07 Å². The highest BCUT2D eigenvalue weighted by Crippen LogP contribution is 2.33. The Hall–Kier alpha value is -2.53. The van der Waals surface area contributed by atoms with Gasteiger partial charge in [-0.1, -0.05) is 35.9 Å². The Morgan fingerprint density at radius 1 is 1.11 bits per heavy atom. The molecular formula is C21H21ClN2O3. The smallest absolute Gasteiger partial charge is 0.257 e. The first-order chi connectivity index (χ1) is 13.0. The van der Waals surface area contributed by atoms with Gasteiger partial charge >= 0.3 is 0 Å². The number of carbonyl (C=O) groups is 2. The zero-order valence-electron chi connectivity index (χ0n) is 14.9. The number of amides is 2. The van der Waals surface area contributed by atoms with Crippen LogP contribution in [0.3, 0.4) is 0 Å². The topological polar surface area (TPSA) is 58.6 Å². The van der Waals surface area contributed by atoms with Gasteiger partial charge in [-0.15, -0.1) is 0 Å². The Kier molecular flexibility index (Phi) is 4.79. The summed E-state index contributed by atoms with van der Waals surface area (Å²) in [6.07, 6.45) is 2.19.